The van der Waals surface area contributed by atoms with Gasteiger partial charge in [0.25, 0.3) is 0 Å². The SMILES string of the molecule is c1ccc2cc(-c3nc(-c4ccc(-c5cccc6ccccc56)cc4)nc(-c4ccc5c(c4)oc4cc6ccccc6cc45)n3)ccc2c1. The molecule has 10 rings (SSSR count). The molecule has 228 valence electrons. The van der Waals surface area contributed by atoms with Gasteiger partial charge >= 0.3 is 0 Å². The Bertz CT molecular complexity index is 2880. The summed E-state index contributed by atoms with van der Waals surface area (Å²) in [5.74, 6) is 1.84. The number of nitrogens with zero attached hydrogens (tertiary/aromatic N) is 3. The van der Waals surface area contributed by atoms with Crippen molar-refractivity contribution in [2.24, 2.45) is 0 Å². The van der Waals surface area contributed by atoms with Gasteiger partial charge in [0.2, 0.25) is 0 Å². The van der Waals surface area contributed by atoms with Crippen LogP contribution in [0, 0.1) is 0 Å². The van der Waals surface area contributed by atoms with E-state index < -0.39 is 0 Å². The van der Waals surface area contributed by atoms with Crippen molar-refractivity contribution in [3.8, 4) is 45.3 Å². The largest absolute Gasteiger partial charge is 0.456 e. The molecule has 4 nitrogen and oxygen atoms in total. The van der Waals surface area contributed by atoms with Crippen molar-refractivity contribution < 1.29 is 4.42 Å². The van der Waals surface area contributed by atoms with E-state index in [9.17, 15) is 0 Å². The summed E-state index contributed by atoms with van der Waals surface area (Å²) in [4.78, 5) is 15.1. The first kappa shape index (κ1) is 27.5. The standard InChI is InChI=1S/C45H27N3O/c1-2-10-32-24-35(21-16-28(32)8-1)44-46-43(31-19-17-30(18-20-31)38-15-7-13-29-9-5-6-14-37(29)38)47-45(48-44)36-22-23-39-40-25-33-11-3-4-12-34(33)26-42(40)49-41(39)27-36/h1-27H. The van der Waals surface area contributed by atoms with Gasteiger partial charge in [-0.25, -0.2) is 15.0 Å². The van der Waals surface area contributed by atoms with Crippen LogP contribution in [0.3, 0.4) is 0 Å². The Labute approximate surface area is 282 Å². The first-order valence-electron chi connectivity index (χ1n) is 16.4. The Balaban J connectivity index is 1.12. The normalized spacial score (nSPS) is 11.7. The third-order valence-corrected chi connectivity index (χ3v) is 9.48. The van der Waals surface area contributed by atoms with Crippen molar-refractivity contribution in [2.75, 3.05) is 0 Å². The molecule has 0 atom stereocenters. The number of benzene rings is 8. The molecule has 49 heavy (non-hydrogen) atoms. The summed E-state index contributed by atoms with van der Waals surface area (Å²) in [5, 5.41) is 9.27. The molecule has 0 saturated carbocycles. The molecule has 4 heteroatoms. The van der Waals surface area contributed by atoms with Crippen molar-refractivity contribution in [3.63, 3.8) is 0 Å². The molecule has 2 aromatic heterocycles. The van der Waals surface area contributed by atoms with Gasteiger partial charge in [-0.3, -0.25) is 0 Å². The van der Waals surface area contributed by atoms with Gasteiger partial charge in [0.05, 0.1) is 0 Å². The highest BCUT2D eigenvalue weighted by atomic mass is 16.3. The second kappa shape index (κ2) is 11.0. The Morgan fingerprint density at radius 2 is 0.837 bits per heavy atom. The van der Waals surface area contributed by atoms with E-state index in [4.69, 9.17) is 19.4 Å². The number of aromatic nitrogens is 3. The average Bonchev–Trinajstić information content (AvgIpc) is 3.53. The maximum Gasteiger partial charge on any atom is 0.164 e. The molecule has 0 aliphatic rings. The van der Waals surface area contributed by atoms with Gasteiger partial charge in [-0.15, -0.1) is 0 Å². The summed E-state index contributed by atoms with van der Waals surface area (Å²) in [5.41, 5.74) is 6.74. The zero-order valence-electron chi connectivity index (χ0n) is 26.3. The van der Waals surface area contributed by atoms with Gasteiger partial charge < -0.3 is 4.42 Å². The summed E-state index contributed by atoms with van der Waals surface area (Å²) in [6.07, 6.45) is 0. The van der Waals surface area contributed by atoms with Crippen LogP contribution in [0.15, 0.2) is 168 Å². The molecule has 0 radical (unpaired) electrons. The number of hydrogen-bond donors (Lipinski definition) is 0. The molecule has 10 aromatic rings. The van der Waals surface area contributed by atoms with E-state index in [0.29, 0.717) is 17.5 Å². The molecule has 0 unspecified atom stereocenters. The van der Waals surface area contributed by atoms with Crippen molar-refractivity contribution in [1.29, 1.82) is 0 Å². The number of hydrogen-bond acceptors (Lipinski definition) is 4. The summed E-state index contributed by atoms with van der Waals surface area (Å²) in [6.45, 7) is 0. The lowest BCUT2D eigenvalue weighted by molar-refractivity contribution is 0.669. The molecule has 8 aromatic carbocycles. The van der Waals surface area contributed by atoms with Gasteiger partial charge in [-0.05, 0) is 73.8 Å². The molecular weight excluding hydrogens is 599 g/mol. The van der Waals surface area contributed by atoms with Crippen molar-refractivity contribution in [1.82, 2.24) is 15.0 Å². The van der Waals surface area contributed by atoms with Crippen molar-refractivity contribution in [3.05, 3.63) is 164 Å². The average molecular weight is 626 g/mol. The zero-order chi connectivity index (χ0) is 32.3. The fraction of sp³-hybridized carbons (Fsp3) is 0. The van der Waals surface area contributed by atoms with Crippen LogP contribution in [0.25, 0.3) is 99.5 Å². The smallest absolute Gasteiger partial charge is 0.164 e. The second-order valence-electron chi connectivity index (χ2n) is 12.5. The molecule has 0 spiro atoms. The minimum atomic E-state index is 0.596. The Hall–Kier alpha value is -6.65. The highest BCUT2D eigenvalue weighted by Gasteiger charge is 2.16. The summed E-state index contributed by atoms with van der Waals surface area (Å²) in [6, 6.07) is 57.1. The van der Waals surface area contributed by atoms with Gasteiger partial charge in [0.1, 0.15) is 11.2 Å². The molecule has 2 heterocycles. The molecule has 0 N–H and O–H groups in total. The number of furan rings is 1. The third kappa shape index (κ3) is 4.73. The first-order valence-corrected chi connectivity index (χ1v) is 16.4. The van der Waals surface area contributed by atoms with Crippen LogP contribution in [-0.2, 0) is 0 Å². The van der Waals surface area contributed by atoms with Crippen LogP contribution < -0.4 is 0 Å². The van der Waals surface area contributed by atoms with E-state index >= 15 is 0 Å². The highest BCUT2D eigenvalue weighted by Crippen LogP contribution is 2.36. The maximum atomic E-state index is 6.42. The lowest BCUT2D eigenvalue weighted by Crippen LogP contribution is -2.00. The van der Waals surface area contributed by atoms with E-state index in [1.54, 1.807) is 0 Å². The Morgan fingerprint density at radius 1 is 0.306 bits per heavy atom. The minimum Gasteiger partial charge on any atom is -0.456 e. The zero-order valence-corrected chi connectivity index (χ0v) is 26.3. The molecule has 0 aliphatic carbocycles. The van der Waals surface area contributed by atoms with E-state index in [1.165, 1.54) is 27.1 Å². The van der Waals surface area contributed by atoms with Crippen LogP contribution in [0.1, 0.15) is 0 Å². The summed E-state index contributed by atoms with van der Waals surface area (Å²) in [7, 11) is 0. The van der Waals surface area contributed by atoms with Crippen molar-refractivity contribution >= 4 is 54.3 Å². The molecule has 0 amide bonds. The fourth-order valence-electron chi connectivity index (χ4n) is 6.97. The van der Waals surface area contributed by atoms with Crippen LogP contribution >= 0.6 is 0 Å². The maximum absolute atomic E-state index is 6.42. The van der Waals surface area contributed by atoms with Gasteiger partial charge in [0, 0.05) is 27.5 Å². The quantitative estimate of drug-likeness (QED) is 0.195. The molecule has 0 saturated heterocycles. The highest BCUT2D eigenvalue weighted by molar-refractivity contribution is 6.10. The Morgan fingerprint density at radius 3 is 1.61 bits per heavy atom. The topological polar surface area (TPSA) is 51.8 Å². The van der Waals surface area contributed by atoms with Gasteiger partial charge in [-0.2, -0.15) is 0 Å². The van der Waals surface area contributed by atoms with E-state index in [0.717, 1.165) is 55.0 Å². The van der Waals surface area contributed by atoms with E-state index in [1.807, 2.05) is 6.07 Å². The molecular formula is C45H27N3O. The Kier molecular flexibility index (Phi) is 6.15. The summed E-state index contributed by atoms with van der Waals surface area (Å²) < 4.78 is 6.42. The number of rotatable bonds is 4. The van der Waals surface area contributed by atoms with Crippen LogP contribution in [0.2, 0.25) is 0 Å². The first-order chi connectivity index (χ1) is 24.2. The van der Waals surface area contributed by atoms with Gasteiger partial charge in [0.15, 0.2) is 17.5 Å². The third-order valence-electron chi connectivity index (χ3n) is 9.48. The van der Waals surface area contributed by atoms with Crippen molar-refractivity contribution in [2.45, 2.75) is 0 Å². The van der Waals surface area contributed by atoms with Gasteiger partial charge in [-0.1, -0.05) is 133 Å². The molecule has 0 bridgehead atoms. The predicted molar refractivity (Wildman–Crippen MR) is 201 cm³/mol. The monoisotopic (exact) mass is 625 g/mol. The predicted octanol–water partition coefficient (Wildman–Crippen LogP) is 11.9. The lowest BCUT2D eigenvalue weighted by Gasteiger charge is -2.10. The van der Waals surface area contributed by atoms with E-state index in [-0.39, 0.29) is 0 Å². The van der Waals surface area contributed by atoms with E-state index in [2.05, 4.69) is 158 Å². The fourth-order valence-corrected chi connectivity index (χ4v) is 6.97. The minimum absolute atomic E-state index is 0.596. The summed E-state index contributed by atoms with van der Waals surface area (Å²) >= 11 is 0. The van der Waals surface area contributed by atoms with Crippen LogP contribution in [-0.4, -0.2) is 15.0 Å². The van der Waals surface area contributed by atoms with Crippen LogP contribution in [0.5, 0.6) is 0 Å². The second-order valence-corrected chi connectivity index (χ2v) is 12.5. The lowest BCUT2D eigenvalue weighted by atomic mass is 9.97. The number of fused-ring (bicyclic) bond motifs is 6. The molecule has 0 aliphatic heterocycles. The molecule has 0 fully saturated rings. The van der Waals surface area contributed by atoms with Crippen LogP contribution in [0.4, 0.5) is 0 Å².